The van der Waals surface area contributed by atoms with Crippen LogP contribution in [0, 0.1) is 0 Å². The molecule has 0 aromatic carbocycles. The maximum atomic E-state index is 11.8. The summed E-state index contributed by atoms with van der Waals surface area (Å²) in [5, 5.41) is 11.8. The van der Waals surface area contributed by atoms with E-state index in [1.165, 1.54) is 0 Å². The molecular weight excluding hydrogens is 208 g/mol. The van der Waals surface area contributed by atoms with E-state index in [0.717, 1.165) is 6.42 Å². The minimum atomic E-state index is -0.832. The molecule has 92 valence electrons. The molecule has 1 aliphatic heterocycles. The second-order valence-corrected chi connectivity index (χ2v) is 4.57. The summed E-state index contributed by atoms with van der Waals surface area (Å²) in [5.41, 5.74) is 0. The molecule has 0 bridgehead atoms. The molecule has 5 heteroatoms. The van der Waals surface area contributed by atoms with E-state index in [1.807, 2.05) is 13.8 Å². The molecule has 1 aliphatic rings. The normalized spacial score (nSPS) is 23.4. The number of carboxylic acids is 1. The van der Waals surface area contributed by atoms with Crippen molar-refractivity contribution in [2.45, 2.75) is 51.7 Å². The van der Waals surface area contributed by atoms with Crippen molar-refractivity contribution in [1.29, 1.82) is 0 Å². The highest BCUT2D eigenvalue weighted by molar-refractivity contribution is 5.83. The molecule has 0 aromatic heterocycles. The third-order valence-corrected chi connectivity index (χ3v) is 2.89. The molecule has 2 atom stereocenters. The SMILES string of the molecule is CC(C)NC(=O)C(C)N1CCCC1C(=O)O. The van der Waals surface area contributed by atoms with Gasteiger partial charge in [0.15, 0.2) is 0 Å². The van der Waals surface area contributed by atoms with Crippen LogP contribution >= 0.6 is 0 Å². The highest BCUT2D eigenvalue weighted by Crippen LogP contribution is 2.20. The number of nitrogens with zero attached hydrogens (tertiary/aromatic N) is 1. The summed E-state index contributed by atoms with van der Waals surface area (Å²) in [4.78, 5) is 24.5. The number of aliphatic carboxylic acids is 1. The largest absolute Gasteiger partial charge is 0.480 e. The number of carboxylic acid groups (broad SMARTS) is 1. The average molecular weight is 228 g/mol. The Hall–Kier alpha value is -1.10. The predicted molar refractivity (Wildman–Crippen MR) is 60.1 cm³/mol. The summed E-state index contributed by atoms with van der Waals surface area (Å²) < 4.78 is 0. The summed E-state index contributed by atoms with van der Waals surface area (Å²) in [6.45, 7) is 6.23. The zero-order chi connectivity index (χ0) is 12.3. The van der Waals surface area contributed by atoms with Gasteiger partial charge in [0.1, 0.15) is 6.04 Å². The Kier molecular flexibility index (Phi) is 4.29. The van der Waals surface area contributed by atoms with Crippen LogP contribution < -0.4 is 5.32 Å². The van der Waals surface area contributed by atoms with Gasteiger partial charge in [0.25, 0.3) is 0 Å². The van der Waals surface area contributed by atoms with Crippen LogP contribution in [0.15, 0.2) is 0 Å². The first-order valence-electron chi connectivity index (χ1n) is 5.72. The van der Waals surface area contributed by atoms with Gasteiger partial charge < -0.3 is 10.4 Å². The lowest BCUT2D eigenvalue weighted by Gasteiger charge is -2.27. The molecule has 16 heavy (non-hydrogen) atoms. The number of carbonyl (C=O) groups is 2. The fourth-order valence-electron chi connectivity index (χ4n) is 2.07. The van der Waals surface area contributed by atoms with Crippen molar-refractivity contribution < 1.29 is 14.7 Å². The average Bonchev–Trinajstić information content (AvgIpc) is 2.63. The van der Waals surface area contributed by atoms with E-state index < -0.39 is 12.0 Å². The number of hydrogen-bond donors (Lipinski definition) is 2. The van der Waals surface area contributed by atoms with E-state index in [-0.39, 0.29) is 18.0 Å². The number of likely N-dealkylation sites (tertiary alicyclic amines) is 1. The van der Waals surface area contributed by atoms with Gasteiger partial charge in [-0.05, 0) is 40.2 Å². The smallest absolute Gasteiger partial charge is 0.320 e. The van der Waals surface area contributed by atoms with Crippen molar-refractivity contribution >= 4 is 11.9 Å². The number of hydrogen-bond acceptors (Lipinski definition) is 3. The van der Waals surface area contributed by atoms with Crippen LogP contribution in [-0.4, -0.2) is 46.6 Å². The molecule has 0 aliphatic carbocycles. The molecule has 0 saturated carbocycles. The molecule has 5 nitrogen and oxygen atoms in total. The molecule has 1 amide bonds. The van der Waals surface area contributed by atoms with Crippen LogP contribution in [0.3, 0.4) is 0 Å². The second-order valence-electron chi connectivity index (χ2n) is 4.57. The van der Waals surface area contributed by atoms with Crippen molar-refractivity contribution in [2.75, 3.05) is 6.54 Å². The van der Waals surface area contributed by atoms with Gasteiger partial charge in [-0.15, -0.1) is 0 Å². The molecule has 0 radical (unpaired) electrons. The Labute approximate surface area is 95.8 Å². The molecule has 2 N–H and O–H groups in total. The maximum absolute atomic E-state index is 11.8. The zero-order valence-corrected chi connectivity index (χ0v) is 10.1. The van der Waals surface area contributed by atoms with Crippen LogP contribution in [0.1, 0.15) is 33.6 Å². The molecule has 0 aromatic rings. The summed E-state index contributed by atoms with van der Waals surface area (Å²) >= 11 is 0. The molecule has 2 unspecified atom stereocenters. The molecule has 0 spiro atoms. The molecular formula is C11H20N2O3. The number of nitrogens with one attached hydrogen (secondary N) is 1. The van der Waals surface area contributed by atoms with E-state index in [0.29, 0.717) is 13.0 Å². The summed E-state index contributed by atoms with van der Waals surface area (Å²) in [6, 6.07) is -0.792. The van der Waals surface area contributed by atoms with Gasteiger partial charge in [0, 0.05) is 6.04 Å². The highest BCUT2D eigenvalue weighted by atomic mass is 16.4. The third kappa shape index (κ3) is 2.95. The standard InChI is InChI=1S/C11H20N2O3/c1-7(2)12-10(14)8(3)13-6-4-5-9(13)11(15)16/h7-9H,4-6H2,1-3H3,(H,12,14)(H,15,16). The minimum Gasteiger partial charge on any atom is -0.480 e. The zero-order valence-electron chi connectivity index (χ0n) is 10.1. The highest BCUT2D eigenvalue weighted by Gasteiger charge is 2.36. The van der Waals surface area contributed by atoms with E-state index in [4.69, 9.17) is 5.11 Å². The second kappa shape index (κ2) is 5.30. The monoisotopic (exact) mass is 228 g/mol. The van der Waals surface area contributed by atoms with Crippen molar-refractivity contribution in [1.82, 2.24) is 10.2 Å². The summed E-state index contributed by atoms with van der Waals surface area (Å²) in [5.74, 6) is -0.926. The topological polar surface area (TPSA) is 69.6 Å². The van der Waals surface area contributed by atoms with Crippen molar-refractivity contribution in [3.05, 3.63) is 0 Å². The summed E-state index contributed by atoms with van der Waals surface area (Å²) in [6.07, 6.45) is 1.48. The van der Waals surface area contributed by atoms with Crippen LogP contribution in [0.4, 0.5) is 0 Å². The van der Waals surface area contributed by atoms with Crippen molar-refractivity contribution in [3.63, 3.8) is 0 Å². The lowest BCUT2D eigenvalue weighted by molar-refractivity contribution is -0.143. The van der Waals surface area contributed by atoms with Gasteiger partial charge in [0.2, 0.25) is 5.91 Å². The maximum Gasteiger partial charge on any atom is 0.320 e. The Balaban J connectivity index is 2.62. The lowest BCUT2D eigenvalue weighted by Crippen LogP contribution is -2.50. The Bertz CT molecular complexity index is 278. The van der Waals surface area contributed by atoms with Gasteiger partial charge in [-0.1, -0.05) is 0 Å². The fraction of sp³-hybridized carbons (Fsp3) is 0.818. The molecule has 1 heterocycles. The first kappa shape index (κ1) is 13.0. The molecule has 1 fully saturated rings. The van der Waals surface area contributed by atoms with Gasteiger partial charge in [0.05, 0.1) is 6.04 Å². The van der Waals surface area contributed by atoms with Crippen LogP contribution in [-0.2, 0) is 9.59 Å². The quantitative estimate of drug-likeness (QED) is 0.733. The molecule has 1 rings (SSSR count). The Morgan fingerprint density at radius 1 is 1.38 bits per heavy atom. The van der Waals surface area contributed by atoms with Crippen LogP contribution in [0.25, 0.3) is 0 Å². The van der Waals surface area contributed by atoms with Crippen molar-refractivity contribution in [3.8, 4) is 0 Å². The minimum absolute atomic E-state index is 0.0841. The predicted octanol–water partition coefficient (Wildman–Crippen LogP) is 0.449. The fourth-order valence-corrected chi connectivity index (χ4v) is 2.07. The van der Waals surface area contributed by atoms with Gasteiger partial charge >= 0.3 is 5.97 Å². The lowest BCUT2D eigenvalue weighted by atomic mass is 10.2. The number of rotatable bonds is 4. The summed E-state index contributed by atoms with van der Waals surface area (Å²) in [7, 11) is 0. The van der Waals surface area contributed by atoms with Gasteiger partial charge in [-0.2, -0.15) is 0 Å². The molecule has 1 saturated heterocycles. The number of amides is 1. The van der Waals surface area contributed by atoms with Crippen LogP contribution in [0.5, 0.6) is 0 Å². The van der Waals surface area contributed by atoms with E-state index >= 15 is 0 Å². The van der Waals surface area contributed by atoms with Crippen molar-refractivity contribution in [2.24, 2.45) is 0 Å². The van der Waals surface area contributed by atoms with Gasteiger partial charge in [-0.25, -0.2) is 0 Å². The Morgan fingerprint density at radius 3 is 2.50 bits per heavy atom. The van der Waals surface area contributed by atoms with E-state index in [1.54, 1.807) is 11.8 Å². The third-order valence-electron chi connectivity index (χ3n) is 2.89. The Morgan fingerprint density at radius 2 is 2.00 bits per heavy atom. The first-order chi connectivity index (χ1) is 7.43. The van der Waals surface area contributed by atoms with Crippen LogP contribution in [0.2, 0.25) is 0 Å². The van der Waals surface area contributed by atoms with E-state index in [9.17, 15) is 9.59 Å². The van der Waals surface area contributed by atoms with E-state index in [2.05, 4.69) is 5.32 Å². The van der Waals surface area contributed by atoms with Gasteiger partial charge in [-0.3, -0.25) is 14.5 Å². The first-order valence-corrected chi connectivity index (χ1v) is 5.72. The number of carbonyl (C=O) groups excluding carboxylic acids is 1.